The van der Waals surface area contributed by atoms with E-state index >= 15 is 0 Å². The largest absolute Gasteiger partial charge is 0.367 e. The minimum absolute atomic E-state index is 0.0294. The lowest BCUT2D eigenvalue weighted by Gasteiger charge is -2.28. The van der Waals surface area contributed by atoms with Crippen molar-refractivity contribution in [3.8, 4) is 0 Å². The lowest BCUT2D eigenvalue weighted by molar-refractivity contribution is 0.0925. The van der Waals surface area contributed by atoms with Crippen LogP contribution in [0.3, 0.4) is 0 Å². The molecule has 0 radical (unpaired) electrons. The van der Waals surface area contributed by atoms with E-state index in [1.165, 1.54) is 5.56 Å². The first-order valence-corrected chi connectivity index (χ1v) is 9.59. The molecule has 1 saturated heterocycles. The predicted octanol–water partition coefficient (Wildman–Crippen LogP) is 3.58. The standard InChI is InChI=1S/C22H29N3O/c1-3-25(16-18-7-5-4-6-8-18)21-11-9-19(10-12-21)22(26)24-20-13-14-23-17(2)15-20/h4-12,17,20,23H,3,13-16H2,1-2H3,(H,24,26). The molecule has 4 heteroatoms. The van der Waals surface area contributed by atoms with Gasteiger partial charge in [0.2, 0.25) is 0 Å². The van der Waals surface area contributed by atoms with Crippen LogP contribution in [0.2, 0.25) is 0 Å². The van der Waals surface area contributed by atoms with E-state index in [-0.39, 0.29) is 11.9 Å². The second-order valence-corrected chi connectivity index (χ2v) is 7.10. The highest BCUT2D eigenvalue weighted by Crippen LogP contribution is 2.18. The smallest absolute Gasteiger partial charge is 0.251 e. The van der Waals surface area contributed by atoms with Crippen molar-refractivity contribution in [2.45, 2.75) is 45.3 Å². The molecule has 3 rings (SSSR count). The van der Waals surface area contributed by atoms with Gasteiger partial charge in [-0.25, -0.2) is 0 Å². The van der Waals surface area contributed by atoms with E-state index in [0.717, 1.165) is 43.7 Å². The molecule has 1 fully saturated rings. The number of anilines is 1. The van der Waals surface area contributed by atoms with Gasteiger partial charge < -0.3 is 15.5 Å². The molecule has 1 aliphatic rings. The Morgan fingerprint density at radius 1 is 1.15 bits per heavy atom. The second kappa shape index (κ2) is 8.86. The third-order valence-electron chi connectivity index (χ3n) is 5.05. The number of hydrogen-bond acceptors (Lipinski definition) is 3. The van der Waals surface area contributed by atoms with E-state index in [1.54, 1.807) is 0 Å². The van der Waals surface area contributed by atoms with E-state index in [9.17, 15) is 4.79 Å². The Bertz CT molecular complexity index is 699. The first-order valence-electron chi connectivity index (χ1n) is 9.59. The highest BCUT2D eigenvalue weighted by molar-refractivity contribution is 5.94. The molecule has 0 spiro atoms. The zero-order valence-electron chi connectivity index (χ0n) is 15.7. The molecule has 1 aliphatic heterocycles. The molecular weight excluding hydrogens is 322 g/mol. The Morgan fingerprint density at radius 3 is 2.54 bits per heavy atom. The summed E-state index contributed by atoms with van der Waals surface area (Å²) in [5, 5.41) is 6.59. The predicted molar refractivity (Wildman–Crippen MR) is 108 cm³/mol. The summed E-state index contributed by atoms with van der Waals surface area (Å²) in [5.41, 5.74) is 3.16. The molecule has 0 aliphatic carbocycles. The Morgan fingerprint density at radius 2 is 1.88 bits per heavy atom. The molecule has 2 N–H and O–H groups in total. The van der Waals surface area contributed by atoms with Crippen LogP contribution in [0.25, 0.3) is 0 Å². The SMILES string of the molecule is CCN(Cc1ccccc1)c1ccc(C(=O)NC2CCNC(C)C2)cc1. The summed E-state index contributed by atoms with van der Waals surface area (Å²) in [5.74, 6) is 0.0294. The molecule has 1 heterocycles. The van der Waals surface area contributed by atoms with E-state index in [1.807, 2.05) is 30.3 Å². The number of carbonyl (C=O) groups is 1. The van der Waals surface area contributed by atoms with Crippen LogP contribution < -0.4 is 15.5 Å². The molecule has 26 heavy (non-hydrogen) atoms. The highest BCUT2D eigenvalue weighted by atomic mass is 16.1. The second-order valence-electron chi connectivity index (χ2n) is 7.10. The van der Waals surface area contributed by atoms with Crippen LogP contribution in [-0.4, -0.2) is 31.1 Å². The van der Waals surface area contributed by atoms with Gasteiger partial charge in [-0.1, -0.05) is 30.3 Å². The fraction of sp³-hybridized carbons (Fsp3) is 0.409. The molecule has 2 aromatic rings. The fourth-order valence-corrected chi connectivity index (χ4v) is 3.54. The third kappa shape index (κ3) is 4.85. The third-order valence-corrected chi connectivity index (χ3v) is 5.05. The topological polar surface area (TPSA) is 44.4 Å². The molecule has 1 amide bonds. The lowest BCUT2D eigenvalue weighted by Crippen LogP contribution is -2.46. The lowest BCUT2D eigenvalue weighted by atomic mass is 10.0. The maximum atomic E-state index is 12.5. The van der Waals surface area contributed by atoms with Crippen LogP contribution in [0.1, 0.15) is 42.6 Å². The maximum Gasteiger partial charge on any atom is 0.251 e. The number of nitrogens with one attached hydrogen (secondary N) is 2. The van der Waals surface area contributed by atoms with E-state index in [4.69, 9.17) is 0 Å². The van der Waals surface area contributed by atoms with Gasteiger partial charge in [-0.15, -0.1) is 0 Å². The fourth-order valence-electron chi connectivity index (χ4n) is 3.54. The van der Waals surface area contributed by atoms with Crippen molar-refractivity contribution in [3.05, 3.63) is 65.7 Å². The average Bonchev–Trinajstić information content (AvgIpc) is 2.67. The summed E-state index contributed by atoms with van der Waals surface area (Å²) >= 11 is 0. The Balaban J connectivity index is 1.62. The van der Waals surface area contributed by atoms with E-state index in [2.05, 4.69) is 53.6 Å². The van der Waals surface area contributed by atoms with Crippen LogP contribution in [0.4, 0.5) is 5.69 Å². The Labute approximate surface area is 156 Å². The highest BCUT2D eigenvalue weighted by Gasteiger charge is 2.20. The maximum absolute atomic E-state index is 12.5. The molecule has 2 unspecified atom stereocenters. The number of benzene rings is 2. The minimum atomic E-state index is 0.0294. The van der Waals surface area contributed by atoms with E-state index in [0.29, 0.717) is 6.04 Å². The molecular formula is C22H29N3O. The Kier molecular flexibility index (Phi) is 6.29. The van der Waals surface area contributed by atoms with Crippen LogP contribution >= 0.6 is 0 Å². The molecule has 2 aromatic carbocycles. The number of hydrogen-bond donors (Lipinski definition) is 2. The van der Waals surface area contributed by atoms with Gasteiger partial charge in [0.1, 0.15) is 0 Å². The first kappa shape index (κ1) is 18.5. The quantitative estimate of drug-likeness (QED) is 0.836. The summed E-state index contributed by atoms with van der Waals surface area (Å²) in [6.45, 7) is 7.08. The minimum Gasteiger partial charge on any atom is -0.367 e. The average molecular weight is 351 g/mol. The number of piperidine rings is 1. The summed E-state index contributed by atoms with van der Waals surface area (Å²) < 4.78 is 0. The van der Waals surface area contributed by atoms with Gasteiger partial charge in [0, 0.05) is 36.4 Å². The first-order chi connectivity index (χ1) is 12.7. The zero-order valence-corrected chi connectivity index (χ0v) is 15.7. The van der Waals surface area contributed by atoms with Crippen LogP contribution in [0, 0.1) is 0 Å². The summed E-state index contributed by atoms with van der Waals surface area (Å²) in [4.78, 5) is 14.8. The number of amides is 1. The van der Waals surface area contributed by atoms with Gasteiger partial charge in [0.15, 0.2) is 0 Å². The normalized spacial score (nSPS) is 19.8. The monoisotopic (exact) mass is 351 g/mol. The summed E-state index contributed by atoms with van der Waals surface area (Å²) in [7, 11) is 0. The van der Waals surface area contributed by atoms with Crippen molar-refractivity contribution in [2.75, 3.05) is 18.0 Å². The molecule has 4 nitrogen and oxygen atoms in total. The molecule has 0 saturated carbocycles. The van der Waals surface area contributed by atoms with Crippen molar-refractivity contribution in [1.29, 1.82) is 0 Å². The van der Waals surface area contributed by atoms with Gasteiger partial charge in [0.25, 0.3) is 5.91 Å². The van der Waals surface area contributed by atoms with Crippen molar-refractivity contribution < 1.29 is 4.79 Å². The molecule has 0 aromatic heterocycles. The van der Waals surface area contributed by atoms with Crippen molar-refractivity contribution in [2.24, 2.45) is 0 Å². The van der Waals surface area contributed by atoms with Crippen molar-refractivity contribution in [3.63, 3.8) is 0 Å². The van der Waals surface area contributed by atoms with Crippen molar-refractivity contribution in [1.82, 2.24) is 10.6 Å². The number of carbonyl (C=O) groups excluding carboxylic acids is 1. The van der Waals surface area contributed by atoms with Crippen LogP contribution in [0.5, 0.6) is 0 Å². The summed E-state index contributed by atoms with van der Waals surface area (Å²) in [6, 6.07) is 19.2. The van der Waals surface area contributed by atoms with Crippen LogP contribution in [0.15, 0.2) is 54.6 Å². The summed E-state index contributed by atoms with van der Waals surface area (Å²) in [6.07, 6.45) is 1.99. The van der Waals surface area contributed by atoms with Crippen LogP contribution in [-0.2, 0) is 6.54 Å². The van der Waals surface area contributed by atoms with E-state index < -0.39 is 0 Å². The van der Waals surface area contributed by atoms with Gasteiger partial charge >= 0.3 is 0 Å². The van der Waals surface area contributed by atoms with Gasteiger partial charge in [0.05, 0.1) is 0 Å². The van der Waals surface area contributed by atoms with Gasteiger partial charge in [-0.2, -0.15) is 0 Å². The molecule has 138 valence electrons. The van der Waals surface area contributed by atoms with Gasteiger partial charge in [-0.3, -0.25) is 4.79 Å². The molecule has 0 bridgehead atoms. The molecule has 2 atom stereocenters. The zero-order chi connectivity index (χ0) is 18.4. The van der Waals surface area contributed by atoms with Gasteiger partial charge in [-0.05, 0) is 63.1 Å². The number of nitrogens with zero attached hydrogens (tertiary/aromatic N) is 1. The van der Waals surface area contributed by atoms with Crippen molar-refractivity contribution >= 4 is 11.6 Å². The Hall–Kier alpha value is -2.33. The number of rotatable bonds is 6.